The molecule has 0 spiro atoms. The standard InChI is InChI=1S/C41H62N4O5S/c1-5-6-7-8-9-10-11-12-13-14-15-16-17-22-27-48-28-32(44-45-42)30-51-31-38(39(46)50-41(2,3)4)43-40(47)49-29-37-35-25-20-18-23-33(35)34-24-19-21-26-36(34)37/h18-21,23-26,32,37-38H,5-17,22,27-31H2,1-4H3,(H,43,47). The Morgan fingerprint density at radius 2 is 1.35 bits per heavy atom. The summed E-state index contributed by atoms with van der Waals surface area (Å²) in [5, 5.41) is 6.64. The number of carbonyl (C=O) groups is 2. The van der Waals surface area contributed by atoms with Crippen LogP contribution in [0.5, 0.6) is 0 Å². The van der Waals surface area contributed by atoms with Crippen LogP contribution in [0, 0.1) is 0 Å². The van der Waals surface area contributed by atoms with Gasteiger partial charge in [0, 0.05) is 28.9 Å². The highest BCUT2D eigenvalue weighted by molar-refractivity contribution is 7.99. The number of unbranched alkanes of at least 4 members (excludes halogenated alkanes) is 13. The van der Waals surface area contributed by atoms with Crippen molar-refractivity contribution in [3.05, 3.63) is 70.1 Å². The van der Waals surface area contributed by atoms with E-state index in [4.69, 9.17) is 19.7 Å². The topological polar surface area (TPSA) is 123 Å². The first-order valence-electron chi connectivity index (χ1n) is 19.3. The largest absolute Gasteiger partial charge is 0.458 e. The maximum atomic E-state index is 13.1. The summed E-state index contributed by atoms with van der Waals surface area (Å²) in [5.74, 6) is 0.0359. The first-order chi connectivity index (χ1) is 24.7. The minimum absolute atomic E-state index is 0.0911. The molecule has 0 fully saturated rings. The van der Waals surface area contributed by atoms with Crippen molar-refractivity contribution < 1.29 is 23.8 Å². The predicted octanol–water partition coefficient (Wildman–Crippen LogP) is 11.1. The summed E-state index contributed by atoms with van der Waals surface area (Å²) in [6.45, 7) is 8.71. The van der Waals surface area contributed by atoms with Gasteiger partial charge < -0.3 is 19.5 Å². The summed E-state index contributed by atoms with van der Waals surface area (Å²) in [5.41, 5.74) is 12.9. The fraction of sp³-hybridized carbons (Fsp3) is 0.659. The first kappa shape index (κ1) is 42.2. The number of fused-ring (bicyclic) bond motifs is 3. The summed E-state index contributed by atoms with van der Waals surface area (Å²) >= 11 is 1.40. The lowest BCUT2D eigenvalue weighted by atomic mass is 9.98. The van der Waals surface area contributed by atoms with E-state index in [-0.39, 0.29) is 24.3 Å². The number of amides is 1. The minimum atomic E-state index is -0.937. The number of hydrogen-bond donors (Lipinski definition) is 1. The van der Waals surface area contributed by atoms with Crippen molar-refractivity contribution in [2.75, 3.05) is 31.3 Å². The second-order valence-corrected chi connectivity index (χ2v) is 15.7. The van der Waals surface area contributed by atoms with E-state index in [1.807, 2.05) is 24.3 Å². The number of thioether (sulfide) groups is 1. The van der Waals surface area contributed by atoms with Crippen molar-refractivity contribution in [1.29, 1.82) is 0 Å². The molecule has 0 radical (unpaired) electrons. The number of ether oxygens (including phenoxy) is 3. The molecule has 1 aliphatic rings. The number of alkyl carbamates (subject to hydrolysis) is 1. The highest BCUT2D eigenvalue weighted by Crippen LogP contribution is 2.44. The van der Waals surface area contributed by atoms with Crippen molar-refractivity contribution in [1.82, 2.24) is 5.32 Å². The van der Waals surface area contributed by atoms with Gasteiger partial charge in [-0.25, -0.2) is 9.59 Å². The average Bonchev–Trinajstić information content (AvgIpc) is 3.42. The lowest BCUT2D eigenvalue weighted by Gasteiger charge is -2.25. The Kier molecular flexibility index (Phi) is 20.0. The molecule has 0 heterocycles. The molecule has 1 aliphatic carbocycles. The van der Waals surface area contributed by atoms with E-state index in [0.717, 1.165) is 35.1 Å². The van der Waals surface area contributed by atoms with Crippen molar-refractivity contribution in [2.24, 2.45) is 5.11 Å². The second kappa shape index (κ2) is 24.1. The van der Waals surface area contributed by atoms with Gasteiger partial charge in [-0.1, -0.05) is 144 Å². The second-order valence-electron chi connectivity index (χ2n) is 14.6. The summed E-state index contributed by atoms with van der Waals surface area (Å²) in [6, 6.07) is 15.0. The van der Waals surface area contributed by atoms with Crippen molar-refractivity contribution in [3.63, 3.8) is 0 Å². The maximum Gasteiger partial charge on any atom is 0.407 e. The third-order valence-electron chi connectivity index (χ3n) is 9.09. The average molecular weight is 723 g/mol. The van der Waals surface area contributed by atoms with E-state index >= 15 is 0 Å². The van der Waals surface area contributed by atoms with Gasteiger partial charge in [-0.15, -0.1) is 0 Å². The molecule has 51 heavy (non-hydrogen) atoms. The molecule has 0 saturated heterocycles. The van der Waals surface area contributed by atoms with Crippen LogP contribution in [0.1, 0.15) is 135 Å². The molecule has 10 heteroatoms. The molecule has 2 aromatic rings. The molecule has 282 valence electrons. The van der Waals surface area contributed by atoms with Crippen LogP contribution >= 0.6 is 11.8 Å². The molecule has 0 aromatic heterocycles. The number of rotatable bonds is 26. The van der Waals surface area contributed by atoms with Gasteiger partial charge >= 0.3 is 12.1 Å². The maximum absolute atomic E-state index is 13.1. The number of nitrogens with zero attached hydrogens (tertiary/aromatic N) is 3. The number of esters is 1. The lowest BCUT2D eigenvalue weighted by molar-refractivity contribution is -0.156. The zero-order valence-electron chi connectivity index (χ0n) is 31.6. The zero-order chi connectivity index (χ0) is 36.7. The summed E-state index contributed by atoms with van der Waals surface area (Å²) in [4.78, 5) is 29.2. The van der Waals surface area contributed by atoms with Crippen molar-refractivity contribution in [2.45, 2.75) is 141 Å². The Labute approximate surface area is 311 Å². The molecular weight excluding hydrogens is 661 g/mol. The smallest absolute Gasteiger partial charge is 0.407 e. The van der Waals surface area contributed by atoms with E-state index in [0.29, 0.717) is 19.0 Å². The van der Waals surface area contributed by atoms with Gasteiger partial charge in [0.2, 0.25) is 0 Å². The zero-order valence-corrected chi connectivity index (χ0v) is 32.4. The lowest BCUT2D eigenvalue weighted by Crippen LogP contribution is -2.46. The quantitative estimate of drug-likeness (QED) is 0.0339. The number of benzene rings is 2. The van der Waals surface area contributed by atoms with E-state index in [1.165, 1.54) is 88.8 Å². The summed E-state index contributed by atoms with van der Waals surface area (Å²) < 4.78 is 17.2. The van der Waals surface area contributed by atoms with Crippen LogP contribution < -0.4 is 5.32 Å². The molecule has 2 aromatic carbocycles. The van der Waals surface area contributed by atoms with Gasteiger partial charge in [-0.2, -0.15) is 11.8 Å². The van der Waals surface area contributed by atoms with Gasteiger partial charge in [-0.05, 0) is 55.0 Å². The SMILES string of the molecule is CCCCCCCCCCCCCCCCOCC(CSCC(NC(=O)OCC1c2ccccc2-c2ccccc21)C(=O)OC(C)(C)C)N=[N+]=[N-]. The van der Waals surface area contributed by atoms with Crippen molar-refractivity contribution in [3.8, 4) is 11.1 Å². The Morgan fingerprint density at radius 1 is 0.824 bits per heavy atom. The molecule has 3 rings (SSSR count). The van der Waals surface area contributed by atoms with E-state index < -0.39 is 23.7 Å². The minimum Gasteiger partial charge on any atom is -0.458 e. The third kappa shape index (κ3) is 16.3. The number of carbonyl (C=O) groups excluding carboxylic acids is 2. The molecular formula is C41H62N4O5S. The molecule has 9 nitrogen and oxygen atoms in total. The van der Waals surface area contributed by atoms with Gasteiger partial charge in [0.1, 0.15) is 18.2 Å². The van der Waals surface area contributed by atoms with Crippen molar-refractivity contribution >= 4 is 23.8 Å². The van der Waals surface area contributed by atoms with Crippen LogP contribution in [0.4, 0.5) is 4.79 Å². The Morgan fingerprint density at radius 3 is 1.88 bits per heavy atom. The Bertz CT molecular complexity index is 1310. The van der Waals surface area contributed by atoms with Gasteiger partial charge in [0.25, 0.3) is 0 Å². The number of hydrogen-bond acceptors (Lipinski definition) is 7. The molecule has 2 unspecified atom stereocenters. The van der Waals surface area contributed by atoms with Crippen LogP contribution in [0.2, 0.25) is 0 Å². The molecule has 0 saturated carbocycles. The van der Waals surface area contributed by atoms with Crippen LogP contribution in [0.15, 0.2) is 53.6 Å². The van der Waals surface area contributed by atoms with Gasteiger partial charge in [0.15, 0.2) is 0 Å². The van der Waals surface area contributed by atoms with E-state index in [2.05, 4.69) is 46.5 Å². The fourth-order valence-electron chi connectivity index (χ4n) is 6.45. The summed E-state index contributed by atoms with van der Waals surface area (Å²) in [7, 11) is 0. The molecule has 0 bridgehead atoms. The third-order valence-corrected chi connectivity index (χ3v) is 10.3. The van der Waals surface area contributed by atoms with Crippen LogP contribution in [0.25, 0.3) is 21.6 Å². The number of azide groups is 1. The Hall–Kier alpha value is -3.20. The molecule has 1 N–H and O–H groups in total. The highest BCUT2D eigenvalue weighted by atomic mass is 32.2. The van der Waals surface area contributed by atoms with Gasteiger partial charge in [-0.3, -0.25) is 0 Å². The fourth-order valence-corrected chi connectivity index (χ4v) is 7.48. The highest BCUT2D eigenvalue weighted by Gasteiger charge is 2.31. The number of nitrogens with one attached hydrogen (secondary N) is 1. The molecule has 1 amide bonds. The molecule has 2 atom stereocenters. The van der Waals surface area contributed by atoms with Crippen LogP contribution in [-0.4, -0.2) is 61.1 Å². The van der Waals surface area contributed by atoms with Crippen LogP contribution in [-0.2, 0) is 19.0 Å². The van der Waals surface area contributed by atoms with E-state index in [1.54, 1.807) is 20.8 Å². The normalized spacial score (nSPS) is 13.5. The summed E-state index contributed by atoms with van der Waals surface area (Å²) in [6.07, 6.45) is 17.6. The van der Waals surface area contributed by atoms with Crippen LogP contribution in [0.3, 0.4) is 0 Å². The van der Waals surface area contributed by atoms with E-state index in [9.17, 15) is 9.59 Å². The Balaban J connectivity index is 1.35. The molecule has 0 aliphatic heterocycles. The predicted molar refractivity (Wildman–Crippen MR) is 209 cm³/mol. The van der Waals surface area contributed by atoms with Gasteiger partial charge in [0.05, 0.1) is 12.6 Å². The first-order valence-corrected chi connectivity index (χ1v) is 20.4. The monoisotopic (exact) mass is 722 g/mol.